The Morgan fingerprint density at radius 2 is 1.90 bits per heavy atom. The predicted octanol–water partition coefficient (Wildman–Crippen LogP) is 5.09. The Morgan fingerprint density at radius 3 is 2.68 bits per heavy atom. The van der Waals surface area contributed by atoms with Gasteiger partial charge < -0.3 is 24.7 Å². The van der Waals surface area contributed by atoms with E-state index < -0.39 is 6.17 Å². The second-order valence-electron chi connectivity index (χ2n) is 11.1. The molecule has 1 saturated carbocycles. The smallest absolute Gasteiger partial charge is 0.317 e. The minimum absolute atomic E-state index is 0.0761. The number of hydrogen-bond donors (Lipinski definition) is 2. The van der Waals surface area contributed by atoms with Crippen molar-refractivity contribution in [2.45, 2.75) is 50.8 Å². The van der Waals surface area contributed by atoms with Crippen LogP contribution in [0.3, 0.4) is 0 Å². The number of amides is 1. The third-order valence-electron chi connectivity index (χ3n) is 7.99. The number of thiazole rings is 1. The SMILES string of the molecule is C[C@H]1CN(c2sc(C3(C)CCC3)nc2-c2nnc(N[C@H]3N=C(c4ccccc4)c4ccccc4NC3=O)o2)CCO1. The van der Waals surface area contributed by atoms with Gasteiger partial charge in [-0.1, -0.05) is 67.0 Å². The maximum Gasteiger partial charge on any atom is 0.317 e. The van der Waals surface area contributed by atoms with Gasteiger partial charge in [0.2, 0.25) is 6.17 Å². The highest BCUT2D eigenvalue weighted by Crippen LogP contribution is 2.49. The van der Waals surface area contributed by atoms with Crippen LogP contribution in [0.4, 0.5) is 16.7 Å². The molecule has 4 aromatic rings. The largest absolute Gasteiger partial charge is 0.402 e. The van der Waals surface area contributed by atoms with Crippen LogP contribution in [0.25, 0.3) is 11.6 Å². The van der Waals surface area contributed by atoms with Crippen molar-refractivity contribution < 1.29 is 13.9 Å². The van der Waals surface area contributed by atoms with E-state index in [-0.39, 0.29) is 23.4 Å². The summed E-state index contributed by atoms with van der Waals surface area (Å²) >= 11 is 1.71. The third kappa shape index (κ3) is 4.89. The minimum Gasteiger partial charge on any atom is -0.402 e. The van der Waals surface area contributed by atoms with Crippen LogP contribution in [0.1, 0.15) is 49.2 Å². The van der Waals surface area contributed by atoms with E-state index in [4.69, 9.17) is 19.1 Å². The Morgan fingerprint density at radius 1 is 1.10 bits per heavy atom. The summed E-state index contributed by atoms with van der Waals surface area (Å²) in [5.74, 6) is -0.00313. The highest BCUT2D eigenvalue weighted by atomic mass is 32.1. The molecule has 1 saturated heterocycles. The van der Waals surface area contributed by atoms with E-state index in [1.165, 1.54) is 6.42 Å². The maximum absolute atomic E-state index is 13.3. The first-order valence-electron chi connectivity index (χ1n) is 14.0. The number of benzodiazepines with no additional fused rings is 1. The van der Waals surface area contributed by atoms with Crippen molar-refractivity contribution in [1.82, 2.24) is 15.2 Å². The molecule has 2 aromatic heterocycles. The molecule has 210 valence electrons. The van der Waals surface area contributed by atoms with Gasteiger partial charge in [0.1, 0.15) is 10.0 Å². The van der Waals surface area contributed by atoms with Crippen LogP contribution in [0, 0.1) is 0 Å². The molecule has 3 aliphatic rings. The zero-order valence-electron chi connectivity index (χ0n) is 23.0. The summed E-state index contributed by atoms with van der Waals surface area (Å²) in [6, 6.07) is 17.5. The quantitative estimate of drug-likeness (QED) is 0.330. The third-order valence-corrected chi connectivity index (χ3v) is 9.41. The van der Waals surface area contributed by atoms with Crippen molar-refractivity contribution in [3.05, 3.63) is 70.7 Å². The number of ether oxygens (including phenoxy) is 1. The van der Waals surface area contributed by atoms with Crippen molar-refractivity contribution in [2.24, 2.45) is 4.99 Å². The molecule has 2 aromatic carbocycles. The van der Waals surface area contributed by atoms with E-state index >= 15 is 0 Å². The molecule has 1 amide bonds. The van der Waals surface area contributed by atoms with Gasteiger partial charge in [0, 0.05) is 29.6 Å². The lowest BCUT2D eigenvalue weighted by atomic mass is 9.71. The monoisotopic (exact) mass is 569 g/mol. The van der Waals surface area contributed by atoms with Gasteiger partial charge in [0.05, 0.1) is 24.1 Å². The fourth-order valence-electron chi connectivity index (χ4n) is 5.52. The molecule has 0 spiro atoms. The number of aromatic nitrogens is 3. The van der Waals surface area contributed by atoms with Gasteiger partial charge in [-0.05, 0) is 25.8 Å². The number of rotatable bonds is 6. The number of anilines is 3. The van der Waals surface area contributed by atoms with Gasteiger partial charge in [-0.3, -0.25) is 4.79 Å². The molecule has 2 atom stereocenters. The van der Waals surface area contributed by atoms with Crippen LogP contribution < -0.4 is 15.5 Å². The Kier molecular flexibility index (Phi) is 6.55. The Labute approximate surface area is 241 Å². The van der Waals surface area contributed by atoms with Gasteiger partial charge in [0.25, 0.3) is 11.8 Å². The molecule has 0 bridgehead atoms. The molecule has 4 heterocycles. The minimum atomic E-state index is -0.981. The number of carbonyl (C=O) groups is 1. The lowest BCUT2D eigenvalue weighted by Gasteiger charge is -2.36. The van der Waals surface area contributed by atoms with Crippen LogP contribution >= 0.6 is 11.3 Å². The normalized spacial score (nSPS) is 21.8. The van der Waals surface area contributed by atoms with Crippen molar-refractivity contribution >= 4 is 39.7 Å². The average Bonchev–Trinajstić information content (AvgIpc) is 3.59. The molecule has 0 radical (unpaired) electrons. The summed E-state index contributed by atoms with van der Waals surface area (Å²) in [4.78, 5) is 25.5. The summed E-state index contributed by atoms with van der Waals surface area (Å²) in [6.45, 7) is 6.55. The number of hydrogen-bond acceptors (Lipinski definition) is 10. The van der Waals surface area contributed by atoms with Crippen LogP contribution in [-0.2, 0) is 14.9 Å². The number of nitrogens with one attached hydrogen (secondary N) is 2. The fourth-order valence-corrected chi connectivity index (χ4v) is 6.82. The van der Waals surface area contributed by atoms with Gasteiger partial charge in [0.15, 0.2) is 5.69 Å². The number of para-hydroxylation sites is 1. The number of morpholine rings is 1. The zero-order valence-corrected chi connectivity index (χ0v) is 23.8. The lowest BCUT2D eigenvalue weighted by molar-refractivity contribution is -0.116. The molecule has 11 heteroatoms. The van der Waals surface area contributed by atoms with E-state index in [1.54, 1.807) is 11.3 Å². The highest BCUT2D eigenvalue weighted by Gasteiger charge is 2.39. The van der Waals surface area contributed by atoms with Gasteiger partial charge in [-0.15, -0.1) is 16.4 Å². The lowest BCUT2D eigenvalue weighted by Crippen LogP contribution is -2.40. The predicted molar refractivity (Wildman–Crippen MR) is 159 cm³/mol. The van der Waals surface area contributed by atoms with Gasteiger partial charge in [-0.25, -0.2) is 9.98 Å². The Hall–Kier alpha value is -4.09. The molecular weight excluding hydrogens is 538 g/mol. The number of benzene rings is 2. The fraction of sp³-hybridized carbons (Fsp3) is 0.367. The first-order chi connectivity index (χ1) is 20.0. The van der Waals surface area contributed by atoms with Crippen molar-refractivity contribution in [1.29, 1.82) is 0 Å². The van der Waals surface area contributed by atoms with Crippen LogP contribution in [0.15, 0.2) is 64.0 Å². The summed E-state index contributed by atoms with van der Waals surface area (Å²) in [5.41, 5.74) is 3.88. The van der Waals surface area contributed by atoms with Crippen molar-refractivity contribution in [3.63, 3.8) is 0 Å². The first kappa shape index (κ1) is 25.8. The van der Waals surface area contributed by atoms with E-state index in [0.717, 1.165) is 47.1 Å². The van der Waals surface area contributed by atoms with Crippen LogP contribution in [0.5, 0.6) is 0 Å². The molecule has 7 rings (SSSR count). The molecule has 2 aliphatic heterocycles. The maximum atomic E-state index is 13.3. The second-order valence-corrected chi connectivity index (χ2v) is 12.0. The topological polar surface area (TPSA) is 118 Å². The van der Waals surface area contributed by atoms with Crippen molar-refractivity contribution in [2.75, 3.05) is 35.2 Å². The summed E-state index contributed by atoms with van der Waals surface area (Å²) < 4.78 is 11.9. The van der Waals surface area contributed by atoms with E-state index in [2.05, 4.69) is 39.6 Å². The molecule has 41 heavy (non-hydrogen) atoms. The Bertz CT molecular complexity index is 1610. The number of aliphatic imine (C=N–C) groups is 1. The summed E-state index contributed by atoms with van der Waals surface area (Å²) in [5, 5.41) is 16.8. The number of nitrogens with zero attached hydrogens (tertiary/aromatic N) is 5. The summed E-state index contributed by atoms with van der Waals surface area (Å²) in [6.07, 6.45) is 2.59. The van der Waals surface area contributed by atoms with Gasteiger partial charge >= 0.3 is 6.01 Å². The average molecular weight is 570 g/mol. The number of carbonyl (C=O) groups excluding carboxylic acids is 1. The molecule has 2 fully saturated rings. The summed E-state index contributed by atoms with van der Waals surface area (Å²) in [7, 11) is 0. The van der Waals surface area contributed by atoms with E-state index in [1.807, 2.05) is 54.6 Å². The zero-order chi connectivity index (χ0) is 28.0. The van der Waals surface area contributed by atoms with Crippen LogP contribution in [-0.4, -0.2) is 58.8 Å². The Balaban J connectivity index is 1.22. The van der Waals surface area contributed by atoms with Crippen molar-refractivity contribution in [3.8, 4) is 11.6 Å². The molecule has 1 aliphatic carbocycles. The highest BCUT2D eigenvalue weighted by molar-refractivity contribution is 7.16. The molecule has 10 nitrogen and oxygen atoms in total. The second kappa shape index (κ2) is 10.4. The molecule has 0 unspecified atom stereocenters. The number of fused-ring (bicyclic) bond motifs is 1. The standard InChI is InChI=1S/C30H31N7O3S/c1-18-17-37(15-16-39-18)27-23(33-28(41-27)30(2)13-8-14-30)26-35-36-29(40-26)34-24-25(38)31-21-12-7-6-11-20(21)22(32-24)19-9-4-3-5-10-19/h3-7,9-12,18,24H,8,13-17H2,1-2H3,(H,31,38)(H,34,36)/t18-,24+/m0/s1. The van der Waals surface area contributed by atoms with Crippen LogP contribution in [0.2, 0.25) is 0 Å². The molecular formula is C30H31N7O3S. The first-order valence-corrected chi connectivity index (χ1v) is 14.8. The van der Waals surface area contributed by atoms with E-state index in [0.29, 0.717) is 29.6 Å². The molecule has 2 N–H and O–H groups in total. The van der Waals surface area contributed by atoms with Gasteiger partial charge in [-0.2, -0.15) is 0 Å². The van der Waals surface area contributed by atoms with E-state index in [9.17, 15) is 4.79 Å².